The fourth-order valence-electron chi connectivity index (χ4n) is 6.83. The highest BCUT2D eigenvalue weighted by atomic mass is 127. The zero-order chi connectivity index (χ0) is 18.0. The van der Waals surface area contributed by atoms with Crippen molar-refractivity contribution in [2.45, 2.75) is 62.4 Å². The van der Waals surface area contributed by atoms with E-state index in [0.717, 1.165) is 32.1 Å². The first-order valence-electron chi connectivity index (χ1n) is 9.49. The molecule has 4 unspecified atom stereocenters. The highest BCUT2D eigenvalue weighted by Crippen LogP contribution is 2.68. The van der Waals surface area contributed by atoms with Gasteiger partial charge in [-0.1, -0.05) is 19.4 Å². The van der Waals surface area contributed by atoms with Crippen molar-refractivity contribution in [1.29, 1.82) is 0 Å². The van der Waals surface area contributed by atoms with Crippen LogP contribution in [0.4, 0.5) is 0 Å². The third-order valence-corrected chi connectivity index (χ3v) is 10.1. The first-order chi connectivity index (χ1) is 11.8. The fourth-order valence-corrected chi connectivity index (χ4v) is 9.55. The summed E-state index contributed by atoms with van der Waals surface area (Å²) in [7, 11) is 0. The number of carbonyl (C=O) groups excluding carboxylic acids is 1. The molecule has 136 valence electrons. The summed E-state index contributed by atoms with van der Waals surface area (Å²) in [5, 5.41) is 10.7. The first-order valence-corrected chi connectivity index (χ1v) is 11.6. The van der Waals surface area contributed by atoms with Crippen molar-refractivity contribution in [1.82, 2.24) is 0 Å². The molecule has 4 aliphatic carbocycles. The summed E-state index contributed by atoms with van der Waals surface area (Å²) in [6, 6.07) is 0. The highest BCUT2D eigenvalue weighted by Gasteiger charge is 2.64. The molecule has 0 amide bonds. The van der Waals surface area contributed by atoms with Crippen molar-refractivity contribution in [3.05, 3.63) is 11.6 Å². The van der Waals surface area contributed by atoms with Crippen LogP contribution >= 0.6 is 21.2 Å². The van der Waals surface area contributed by atoms with Crippen molar-refractivity contribution in [3.63, 3.8) is 0 Å². The number of halogens is 1. The largest absolute Gasteiger partial charge is 0.393 e. The quantitative estimate of drug-likeness (QED) is 0.370. The van der Waals surface area contributed by atoms with E-state index in [4.69, 9.17) is 6.42 Å². The number of aliphatic hydroxyl groups excluding tert-OH is 1. The van der Waals surface area contributed by atoms with Gasteiger partial charge in [-0.25, -0.2) is 0 Å². The fraction of sp³-hybridized carbons (Fsp3) is 0.762. The lowest BCUT2D eigenvalue weighted by Crippen LogP contribution is -2.58. The van der Waals surface area contributed by atoms with Gasteiger partial charge < -0.3 is 5.11 Å². The Hall–Kier alpha value is -0.540. The summed E-state index contributed by atoms with van der Waals surface area (Å²) in [5.41, 5.74) is 1.01. The van der Waals surface area contributed by atoms with E-state index in [2.05, 4.69) is 19.8 Å². The average Bonchev–Trinajstić information content (AvgIpc) is 2.89. The summed E-state index contributed by atoms with van der Waals surface area (Å²) in [6.07, 6.45) is 12.5. The van der Waals surface area contributed by atoms with Crippen molar-refractivity contribution < 1.29 is 13.0 Å². The van der Waals surface area contributed by atoms with Crippen LogP contribution in [0.3, 0.4) is 0 Å². The third kappa shape index (κ3) is 2.37. The van der Waals surface area contributed by atoms with Gasteiger partial charge in [0.05, 0.1) is 6.10 Å². The van der Waals surface area contributed by atoms with Crippen LogP contribution in [-0.2, 0) is 7.86 Å². The number of aliphatic hydroxyl groups is 1. The summed E-state index contributed by atoms with van der Waals surface area (Å²) in [5.74, 6) is 4.39. The molecule has 0 aromatic rings. The average molecular weight is 454 g/mol. The highest BCUT2D eigenvalue weighted by molar-refractivity contribution is 14.1. The zero-order valence-electron chi connectivity index (χ0n) is 15.0. The predicted molar refractivity (Wildman–Crippen MR) is 104 cm³/mol. The molecule has 4 rings (SSSR count). The SMILES string of the molecule is C#C[C@@H]1CC2=CC(=O)CC[C@]2(C)C2C(I=O)C[C@@]3(C)C(CC[C@@H]3O)C21. The monoisotopic (exact) mass is 454 g/mol. The molecule has 0 spiro atoms. The van der Waals surface area contributed by atoms with Crippen molar-refractivity contribution in [3.8, 4) is 12.3 Å². The van der Waals surface area contributed by atoms with Gasteiger partial charge in [0.15, 0.2) is 5.78 Å². The van der Waals surface area contributed by atoms with Gasteiger partial charge in [0.1, 0.15) is 21.2 Å². The lowest BCUT2D eigenvalue weighted by atomic mass is 9.45. The summed E-state index contributed by atoms with van der Waals surface area (Å²) in [6.45, 7) is 4.49. The summed E-state index contributed by atoms with van der Waals surface area (Å²) >= 11 is -1.18. The Labute approximate surface area is 160 Å². The Morgan fingerprint density at radius 3 is 2.80 bits per heavy atom. The van der Waals surface area contributed by atoms with Crippen LogP contribution in [0.25, 0.3) is 0 Å². The molecule has 0 aliphatic heterocycles. The molecule has 25 heavy (non-hydrogen) atoms. The van der Waals surface area contributed by atoms with E-state index in [1.54, 1.807) is 0 Å². The minimum atomic E-state index is -1.18. The van der Waals surface area contributed by atoms with Crippen LogP contribution < -0.4 is 0 Å². The van der Waals surface area contributed by atoms with Crippen LogP contribution in [-0.4, -0.2) is 20.9 Å². The smallest absolute Gasteiger partial charge is 0.155 e. The van der Waals surface area contributed by atoms with Crippen LogP contribution in [0.5, 0.6) is 0 Å². The molecule has 0 aromatic heterocycles. The molecule has 4 aliphatic rings. The Morgan fingerprint density at radius 1 is 1.36 bits per heavy atom. The van der Waals surface area contributed by atoms with E-state index in [0.29, 0.717) is 24.2 Å². The van der Waals surface area contributed by atoms with E-state index in [9.17, 15) is 13.0 Å². The number of terminal acetylenes is 1. The van der Waals surface area contributed by atoms with Gasteiger partial charge in [0, 0.05) is 16.3 Å². The van der Waals surface area contributed by atoms with Gasteiger partial charge in [-0.05, 0) is 66.8 Å². The molecular formula is C21H27IO3. The van der Waals surface area contributed by atoms with Gasteiger partial charge >= 0.3 is 0 Å². The normalized spacial score (nSPS) is 51.8. The summed E-state index contributed by atoms with van der Waals surface area (Å²) < 4.78 is 12.5. The van der Waals surface area contributed by atoms with Crippen LogP contribution in [0.2, 0.25) is 0 Å². The van der Waals surface area contributed by atoms with Crippen LogP contribution in [0.1, 0.15) is 52.4 Å². The van der Waals surface area contributed by atoms with E-state index >= 15 is 0 Å². The van der Waals surface area contributed by atoms with Crippen molar-refractivity contribution >= 4 is 27.0 Å². The maximum absolute atomic E-state index is 12.3. The van der Waals surface area contributed by atoms with Crippen molar-refractivity contribution in [2.24, 2.45) is 34.5 Å². The van der Waals surface area contributed by atoms with Gasteiger partial charge in [0.25, 0.3) is 0 Å². The number of hydrogen-bond donors (Lipinski definition) is 1. The third-order valence-electron chi connectivity index (χ3n) is 8.19. The molecule has 1 N–H and O–H groups in total. The number of carbonyl (C=O) groups is 1. The number of alkyl halides is 1. The Morgan fingerprint density at radius 2 is 2.12 bits per heavy atom. The van der Waals surface area contributed by atoms with Gasteiger partial charge in [0.2, 0.25) is 0 Å². The second kappa shape index (κ2) is 5.99. The van der Waals surface area contributed by atoms with Gasteiger partial charge in [-0.2, -0.15) is 0 Å². The Bertz CT molecular complexity index is 692. The minimum Gasteiger partial charge on any atom is -0.393 e. The topological polar surface area (TPSA) is 54.4 Å². The molecular weight excluding hydrogens is 427 g/mol. The van der Waals surface area contributed by atoms with E-state index in [-0.39, 0.29) is 32.6 Å². The molecule has 0 heterocycles. The number of ketones is 1. The Kier molecular flexibility index (Phi) is 4.28. The van der Waals surface area contributed by atoms with E-state index < -0.39 is 21.2 Å². The molecule has 3 saturated carbocycles. The zero-order valence-corrected chi connectivity index (χ0v) is 17.2. The second-order valence-electron chi connectivity index (χ2n) is 9.15. The molecule has 0 bridgehead atoms. The van der Waals surface area contributed by atoms with Crippen LogP contribution in [0.15, 0.2) is 11.6 Å². The second-order valence-corrected chi connectivity index (χ2v) is 11.3. The predicted octanol–water partition coefficient (Wildman–Crippen LogP) is 4.03. The number of rotatable bonds is 1. The van der Waals surface area contributed by atoms with E-state index in [1.165, 1.54) is 5.57 Å². The number of hydrogen-bond acceptors (Lipinski definition) is 3. The first kappa shape index (κ1) is 17.9. The van der Waals surface area contributed by atoms with Gasteiger partial charge in [-0.15, -0.1) is 12.3 Å². The number of fused-ring (bicyclic) bond motifs is 5. The van der Waals surface area contributed by atoms with Gasteiger partial charge in [-0.3, -0.25) is 7.86 Å². The molecule has 0 aromatic carbocycles. The number of allylic oxidation sites excluding steroid dienone is 1. The maximum Gasteiger partial charge on any atom is 0.155 e. The molecule has 3 nitrogen and oxygen atoms in total. The van der Waals surface area contributed by atoms with Crippen LogP contribution in [0, 0.1) is 46.8 Å². The molecule has 0 saturated heterocycles. The lowest BCUT2D eigenvalue weighted by molar-refractivity contribution is -0.118. The lowest BCUT2D eigenvalue weighted by Gasteiger charge is -2.60. The molecule has 3 fully saturated rings. The molecule has 8 atom stereocenters. The molecule has 4 heteroatoms. The maximum atomic E-state index is 12.3. The molecule has 0 radical (unpaired) electrons. The standard InChI is InChI=1S/C21H27IO3/c1-4-12-9-13-10-14(23)7-8-20(13,2)19-16(22-25)11-21(3)15(18(12)19)5-6-17(21)24/h1,10,12,15-19,24H,5-9,11H2,2-3H3/t12-,15?,16?,17+,18?,19?,20+,21+/m1/s1. The summed E-state index contributed by atoms with van der Waals surface area (Å²) in [4.78, 5) is 12.0. The van der Waals surface area contributed by atoms with Crippen molar-refractivity contribution in [2.75, 3.05) is 0 Å². The Balaban J connectivity index is 1.85. The van der Waals surface area contributed by atoms with E-state index in [1.807, 2.05) is 6.08 Å². The minimum absolute atomic E-state index is 0.0460.